The van der Waals surface area contributed by atoms with Gasteiger partial charge in [0.15, 0.2) is 0 Å². The first-order valence-corrected chi connectivity index (χ1v) is 20.1. The van der Waals surface area contributed by atoms with Gasteiger partial charge in [0.1, 0.15) is 27.3 Å². The number of nitrogens with zero attached hydrogens (tertiary/aromatic N) is 2. The van der Waals surface area contributed by atoms with Crippen molar-refractivity contribution in [3.05, 3.63) is 136 Å². The van der Waals surface area contributed by atoms with Crippen LogP contribution in [0.15, 0.2) is 114 Å². The second kappa shape index (κ2) is 16.4. The zero-order chi connectivity index (χ0) is 35.8. The largest absolute Gasteiger partial charge is 0.350 e. The minimum absolute atomic E-state index is 0.0502. The minimum atomic E-state index is -1.02. The molecule has 2 aliphatic heterocycles. The van der Waals surface area contributed by atoms with Gasteiger partial charge in [-0.15, -0.1) is 34.9 Å². The zero-order valence-electron chi connectivity index (χ0n) is 29.0. The van der Waals surface area contributed by atoms with E-state index in [1.165, 1.54) is 39.8 Å². The lowest BCUT2D eigenvalue weighted by Gasteiger charge is -2.35. The van der Waals surface area contributed by atoms with Gasteiger partial charge in [0.05, 0.1) is 23.8 Å². The van der Waals surface area contributed by atoms with Crippen molar-refractivity contribution < 1.29 is 14.4 Å². The average Bonchev–Trinajstić information content (AvgIpc) is 3.79. The van der Waals surface area contributed by atoms with Crippen LogP contribution in [0.2, 0.25) is 0 Å². The lowest BCUT2D eigenvalue weighted by molar-refractivity contribution is -0.132. The summed E-state index contributed by atoms with van der Waals surface area (Å²) in [5.41, 5.74) is 3.26. The number of benzene rings is 3. The maximum atomic E-state index is 13.8. The molecule has 3 N–H and O–H groups in total. The molecule has 0 fully saturated rings. The van der Waals surface area contributed by atoms with Crippen molar-refractivity contribution in [3.8, 4) is 0 Å². The lowest BCUT2D eigenvalue weighted by Crippen LogP contribution is -2.56. The molecule has 264 valence electrons. The van der Waals surface area contributed by atoms with Crippen molar-refractivity contribution in [3.63, 3.8) is 0 Å². The Labute approximate surface area is 312 Å². The molecule has 1 aromatic heterocycles. The van der Waals surface area contributed by atoms with E-state index in [-0.39, 0.29) is 36.6 Å². The van der Waals surface area contributed by atoms with Crippen LogP contribution in [0.3, 0.4) is 0 Å². The van der Waals surface area contributed by atoms with Crippen molar-refractivity contribution in [1.82, 2.24) is 20.9 Å². The van der Waals surface area contributed by atoms with Crippen LogP contribution in [0.25, 0.3) is 0 Å². The summed E-state index contributed by atoms with van der Waals surface area (Å²) < 4.78 is -0.439. The second-order valence-electron chi connectivity index (χ2n) is 13.2. The summed E-state index contributed by atoms with van der Waals surface area (Å²) in [7, 11) is 0. The molecule has 0 unspecified atom stereocenters. The zero-order valence-corrected chi connectivity index (χ0v) is 31.5. The summed E-state index contributed by atoms with van der Waals surface area (Å²) in [6.45, 7) is 5.86. The van der Waals surface area contributed by atoms with Crippen LogP contribution in [0.5, 0.6) is 0 Å². The van der Waals surface area contributed by atoms with Crippen molar-refractivity contribution in [2.45, 2.75) is 62.5 Å². The molecule has 3 atom stereocenters. The number of allylic oxidation sites excluding steroid dienone is 1. The Hall–Kier alpha value is -4.19. The standard InChI is InChI=1S/C40H43N5O3S3/c1-27(2)35-36(47)42-31(23-33(46)41-24-34-43-32(25-49-34)37-45-39(3,26-50-37)38(48)44-35)21-13-14-22-51-40(28-15-7-4-8-16-28,29-17-9-5-10-18-29)30-19-11-6-12-20-30/h4-13,15-21,25,27,31,35H,14,22-24,26H2,1-3H3,(H,41,46)(H,42,47)(H,44,48)/b21-13+/t31-,35+,39+/m1/s1. The third kappa shape index (κ3) is 8.48. The second-order valence-corrected chi connectivity index (χ2v) is 16.5. The molecule has 11 heteroatoms. The Kier molecular flexibility index (Phi) is 11.8. The van der Waals surface area contributed by atoms with Crippen LogP contribution in [-0.2, 0) is 25.7 Å². The van der Waals surface area contributed by atoms with E-state index in [9.17, 15) is 14.4 Å². The van der Waals surface area contributed by atoms with E-state index in [4.69, 9.17) is 4.99 Å². The molecule has 0 aliphatic carbocycles. The topological polar surface area (TPSA) is 113 Å². The molecule has 0 spiro atoms. The molecule has 4 aromatic rings. The summed E-state index contributed by atoms with van der Waals surface area (Å²) in [5.74, 6) is 0.199. The van der Waals surface area contributed by atoms with Gasteiger partial charge in [0.25, 0.3) is 0 Å². The number of hydrogen-bond donors (Lipinski definition) is 3. The number of thiazole rings is 1. The fraction of sp³-hybridized carbons (Fsp3) is 0.325. The van der Waals surface area contributed by atoms with Crippen LogP contribution in [0.4, 0.5) is 0 Å². The highest BCUT2D eigenvalue weighted by Crippen LogP contribution is 2.48. The highest BCUT2D eigenvalue weighted by molar-refractivity contribution is 8.14. The number of rotatable bonds is 9. The van der Waals surface area contributed by atoms with Gasteiger partial charge >= 0.3 is 0 Å². The maximum Gasteiger partial charge on any atom is 0.249 e. The first-order chi connectivity index (χ1) is 24.7. The molecule has 0 saturated heterocycles. The third-order valence-electron chi connectivity index (χ3n) is 9.02. The van der Waals surface area contributed by atoms with Gasteiger partial charge in [-0.05, 0) is 41.7 Å². The van der Waals surface area contributed by atoms with Crippen molar-refractivity contribution in [2.75, 3.05) is 11.5 Å². The summed E-state index contributed by atoms with van der Waals surface area (Å²) in [6.07, 6.45) is 4.70. The molecule has 3 amide bonds. The Balaban J connectivity index is 1.23. The third-order valence-corrected chi connectivity index (χ3v) is 12.7. The Morgan fingerprint density at radius 3 is 2.12 bits per heavy atom. The summed E-state index contributed by atoms with van der Waals surface area (Å²) in [4.78, 5) is 50.0. The molecule has 6 rings (SSSR count). The molecular formula is C40H43N5O3S3. The van der Waals surface area contributed by atoms with Crippen LogP contribution < -0.4 is 16.0 Å². The fourth-order valence-corrected chi connectivity index (χ4v) is 9.66. The van der Waals surface area contributed by atoms with E-state index in [0.29, 0.717) is 22.9 Å². The van der Waals surface area contributed by atoms with E-state index in [1.54, 1.807) is 6.92 Å². The monoisotopic (exact) mass is 737 g/mol. The van der Waals surface area contributed by atoms with Crippen molar-refractivity contribution in [2.24, 2.45) is 10.9 Å². The van der Waals surface area contributed by atoms with Crippen molar-refractivity contribution in [1.29, 1.82) is 0 Å². The van der Waals surface area contributed by atoms with Gasteiger partial charge < -0.3 is 16.0 Å². The fourth-order valence-electron chi connectivity index (χ4n) is 6.26. The summed E-state index contributed by atoms with van der Waals surface area (Å²) in [6, 6.07) is 30.3. The molecular weight excluding hydrogens is 695 g/mol. The van der Waals surface area contributed by atoms with Crippen LogP contribution in [0, 0.1) is 5.92 Å². The van der Waals surface area contributed by atoms with Gasteiger partial charge in [0.2, 0.25) is 17.7 Å². The molecule has 3 aromatic carbocycles. The molecule has 0 radical (unpaired) electrons. The smallest absolute Gasteiger partial charge is 0.249 e. The highest BCUT2D eigenvalue weighted by Gasteiger charge is 2.41. The van der Waals surface area contributed by atoms with Crippen LogP contribution in [-0.4, -0.2) is 56.9 Å². The number of fused-ring (bicyclic) bond motifs is 4. The van der Waals surface area contributed by atoms with E-state index < -0.39 is 22.4 Å². The molecule has 8 nitrogen and oxygen atoms in total. The number of amides is 3. The number of carbonyl (C=O) groups is 3. The number of carbonyl (C=O) groups excluding carboxylic acids is 3. The normalized spacial score (nSPS) is 21.6. The van der Waals surface area contributed by atoms with E-state index >= 15 is 0 Å². The van der Waals surface area contributed by atoms with Gasteiger partial charge in [-0.2, -0.15) is 0 Å². The SMILES string of the molecule is CC(C)[C@@H]1NC(=O)[C@]2(C)CSC(=N2)c2csc(n2)CNC(=O)C[C@@H](/C=C/CCSC(c2ccccc2)(c2ccccc2)c2ccccc2)NC1=O. The number of aliphatic imine (C=N–C) groups is 1. The van der Waals surface area contributed by atoms with Gasteiger partial charge in [-0.25, -0.2) is 4.98 Å². The quantitative estimate of drug-likeness (QED) is 0.100. The van der Waals surface area contributed by atoms with Gasteiger partial charge in [0, 0.05) is 11.1 Å². The number of aromatic nitrogens is 1. The summed E-state index contributed by atoms with van der Waals surface area (Å²) >= 11 is 4.78. The Morgan fingerprint density at radius 2 is 1.53 bits per heavy atom. The van der Waals surface area contributed by atoms with Crippen LogP contribution >= 0.6 is 34.9 Å². The van der Waals surface area contributed by atoms with Crippen molar-refractivity contribution >= 4 is 57.6 Å². The molecule has 4 bridgehead atoms. The van der Waals surface area contributed by atoms with Crippen LogP contribution in [0.1, 0.15) is 61.0 Å². The molecule has 51 heavy (non-hydrogen) atoms. The lowest BCUT2D eigenvalue weighted by atomic mass is 9.84. The van der Waals surface area contributed by atoms with Gasteiger partial charge in [-0.3, -0.25) is 19.4 Å². The number of nitrogens with one attached hydrogen (secondary N) is 3. The van der Waals surface area contributed by atoms with E-state index in [0.717, 1.165) is 10.8 Å². The Bertz CT molecular complexity index is 1780. The first-order valence-electron chi connectivity index (χ1n) is 17.2. The first kappa shape index (κ1) is 36.6. The molecule has 3 heterocycles. The summed E-state index contributed by atoms with van der Waals surface area (Å²) in [5, 5.41) is 12.4. The Morgan fingerprint density at radius 1 is 0.922 bits per heavy atom. The number of thioether (sulfide) groups is 2. The molecule has 2 aliphatic rings. The predicted octanol–water partition coefficient (Wildman–Crippen LogP) is 6.71. The average molecular weight is 738 g/mol. The van der Waals surface area contributed by atoms with E-state index in [1.807, 2.05) is 61.3 Å². The van der Waals surface area contributed by atoms with E-state index in [2.05, 4.69) is 93.7 Å². The predicted molar refractivity (Wildman–Crippen MR) is 210 cm³/mol. The van der Waals surface area contributed by atoms with Gasteiger partial charge in [-0.1, -0.05) is 117 Å². The number of hydrogen-bond acceptors (Lipinski definition) is 8. The highest BCUT2D eigenvalue weighted by atomic mass is 32.2. The maximum absolute atomic E-state index is 13.8. The molecule has 0 saturated carbocycles. The minimum Gasteiger partial charge on any atom is -0.350 e.